The van der Waals surface area contributed by atoms with Crippen molar-refractivity contribution in [1.29, 1.82) is 0 Å². The third kappa shape index (κ3) is 4.10. The maximum absolute atomic E-state index is 11.0. The Morgan fingerprint density at radius 2 is 2.00 bits per heavy atom. The third-order valence-electron chi connectivity index (χ3n) is 2.63. The molecule has 0 saturated heterocycles. The number of aryl methyl sites for hydroxylation is 1. The number of hydrogen-bond acceptors (Lipinski definition) is 3. The second-order valence-corrected chi connectivity index (χ2v) is 4.44. The highest BCUT2D eigenvalue weighted by Gasteiger charge is 1.98. The van der Waals surface area contributed by atoms with Crippen LogP contribution in [-0.2, 0) is 11.3 Å². The molecule has 4 heteroatoms. The Morgan fingerprint density at radius 3 is 2.68 bits per heavy atom. The van der Waals surface area contributed by atoms with E-state index in [1.54, 1.807) is 0 Å². The van der Waals surface area contributed by atoms with Crippen LogP contribution in [0.4, 0.5) is 11.4 Å². The third-order valence-corrected chi connectivity index (χ3v) is 2.63. The van der Waals surface area contributed by atoms with Crippen molar-refractivity contribution in [2.45, 2.75) is 20.4 Å². The summed E-state index contributed by atoms with van der Waals surface area (Å²) in [6, 6.07) is 11.7. The Hall–Kier alpha value is -2.36. The highest BCUT2D eigenvalue weighted by Crippen LogP contribution is 2.15. The minimum atomic E-state index is -0.0719. The van der Waals surface area contributed by atoms with Gasteiger partial charge in [-0.05, 0) is 36.8 Å². The Bertz CT molecular complexity index is 564. The average molecular weight is 255 g/mol. The molecule has 0 unspecified atom stereocenters. The van der Waals surface area contributed by atoms with Gasteiger partial charge in [-0.3, -0.25) is 9.78 Å². The van der Waals surface area contributed by atoms with Gasteiger partial charge in [0, 0.05) is 24.5 Å². The first-order valence-corrected chi connectivity index (χ1v) is 6.16. The average Bonchev–Trinajstić information content (AvgIpc) is 2.38. The summed E-state index contributed by atoms with van der Waals surface area (Å²) in [5.74, 6) is -0.0719. The van der Waals surface area contributed by atoms with E-state index in [-0.39, 0.29) is 5.91 Å². The van der Waals surface area contributed by atoms with Gasteiger partial charge in [-0.25, -0.2) is 0 Å². The highest BCUT2D eigenvalue weighted by atomic mass is 16.1. The van der Waals surface area contributed by atoms with Gasteiger partial charge in [-0.15, -0.1) is 0 Å². The molecular formula is C15H17N3O. The summed E-state index contributed by atoms with van der Waals surface area (Å²) in [4.78, 5) is 15.3. The van der Waals surface area contributed by atoms with Crippen LogP contribution >= 0.6 is 0 Å². The number of benzene rings is 1. The van der Waals surface area contributed by atoms with Crippen molar-refractivity contribution in [2.24, 2.45) is 0 Å². The molecule has 4 nitrogen and oxygen atoms in total. The Kier molecular flexibility index (Phi) is 4.13. The molecule has 0 bridgehead atoms. The van der Waals surface area contributed by atoms with Crippen molar-refractivity contribution < 1.29 is 4.79 Å². The van der Waals surface area contributed by atoms with Crippen molar-refractivity contribution >= 4 is 17.3 Å². The van der Waals surface area contributed by atoms with Crippen molar-refractivity contribution in [3.63, 3.8) is 0 Å². The highest BCUT2D eigenvalue weighted by molar-refractivity contribution is 5.89. The summed E-state index contributed by atoms with van der Waals surface area (Å²) in [6.07, 6.45) is 1.85. The molecule has 0 aliphatic rings. The molecule has 0 fully saturated rings. The van der Waals surface area contributed by atoms with E-state index in [0.29, 0.717) is 6.54 Å². The quantitative estimate of drug-likeness (QED) is 0.883. The monoisotopic (exact) mass is 255 g/mol. The molecule has 19 heavy (non-hydrogen) atoms. The second kappa shape index (κ2) is 6.00. The van der Waals surface area contributed by atoms with Crippen LogP contribution in [0.5, 0.6) is 0 Å². The van der Waals surface area contributed by atoms with E-state index in [4.69, 9.17) is 0 Å². The summed E-state index contributed by atoms with van der Waals surface area (Å²) in [7, 11) is 0. The summed E-state index contributed by atoms with van der Waals surface area (Å²) < 4.78 is 0. The summed E-state index contributed by atoms with van der Waals surface area (Å²) in [6.45, 7) is 4.17. The van der Waals surface area contributed by atoms with Gasteiger partial charge in [0.05, 0.1) is 12.2 Å². The fraction of sp³-hybridized carbons (Fsp3) is 0.200. The van der Waals surface area contributed by atoms with Gasteiger partial charge in [-0.2, -0.15) is 0 Å². The molecule has 0 saturated carbocycles. The molecule has 1 aromatic carbocycles. The van der Waals surface area contributed by atoms with Crippen LogP contribution in [-0.4, -0.2) is 10.9 Å². The van der Waals surface area contributed by atoms with Gasteiger partial charge in [0.2, 0.25) is 5.91 Å². The fourth-order valence-corrected chi connectivity index (χ4v) is 1.71. The van der Waals surface area contributed by atoms with Crippen LogP contribution in [0.15, 0.2) is 42.6 Å². The van der Waals surface area contributed by atoms with E-state index in [1.165, 1.54) is 6.92 Å². The number of rotatable bonds is 4. The smallest absolute Gasteiger partial charge is 0.221 e. The van der Waals surface area contributed by atoms with Crippen LogP contribution in [0, 0.1) is 6.92 Å². The molecule has 0 aliphatic carbocycles. The van der Waals surface area contributed by atoms with Crippen molar-refractivity contribution in [3.05, 3.63) is 53.9 Å². The molecule has 0 atom stereocenters. The van der Waals surface area contributed by atoms with Gasteiger partial charge in [0.15, 0.2) is 0 Å². The van der Waals surface area contributed by atoms with Crippen LogP contribution in [0.3, 0.4) is 0 Å². The SMILES string of the molecule is CC(=O)Nc1cccc(NCc2ccc(C)cn2)c1. The molecule has 98 valence electrons. The number of anilines is 2. The van der Waals surface area contributed by atoms with Crippen LogP contribution in [0.1, 0.15) is 18.2 Å². The van der Waals surface area contributed by atoms with Crippen LogP contribution in [0.2, 0.25) is 0 Å². The lowest BCUT2D eigenvalue weighted by molar-refractivity contribution is -0.114. The van der Waals surface area contributed by atoms with Gasteiger partial charge < -0.3 is 10.6 Å². The van der Waals surface area contributed by atoms with E-state index in [2.05, 4.69) is 15.6 Å². The maximum Gasteiger partial charge on any atom is 0.221 e. The number of nitrogens with one attached hydrogen (secondary N) is 2. The molecule has 1 amide bonds. The lowest BCUT2D eigenvalue weighted by Gasteiger charge is -2.08. The molecule has 0 aliphatic heterocycles. The van der Waals surface area contributed by atoms with Crippen LogP contribution in [0.25, 0.3) is 0 Å². The van der Waals surface area contributed by atoms with Crippen molar-refractivity contribution in [3.8, 4) is 0 Å². The van der Waals surface area contributed by atoms with E-state index >= 15 is 0 Å². The normalized spacial score (nSPS) is 10.0. The first-order valence-electron chi connectivity index (χ1n) is 6.16. The molecule has 2 rings (SSSR count). The molecule has 1 aromatic heterocycles. The molecule has 2 N–H and O–H groups in total. The molecule has 1 heterocycles. The zero-order chi connectivity index (χ0) is 13.7. The minimum absolute atomic E-state index is 0.0719. The first kappa shape index (κ1) is 13.1. The minimum Gasteiger partial charge on any atom is -0.379 e. The predicted molar refractivity (Wildman–Crippen MR) is 77.0 cm³/mol. The summed E-state index contributed by atoms with van der Waals surface area (Å²) in [5, 5.41) is 6.04. The zero-order valence-corrected chi connectivity index (χ0v) is 11.1. The van der Waals surface area contributed by atoms with Crippen LogP contribution < -0.4 is 10.6 Å². The number of pyridine rings is 1. The van der Waals surface area contributed by atoms with Gasteiger partial charge in [0.1, 0.15) is 0 Å². The fourth-order valence-electron chi connectivity index (χ4n) is 1.71. The Labute approximate surface area is 112 Å². The maximum atomic E-state index is 11.0. The lowest BCUT2D eigenvalue weighted by atomic mass is 10.2. The lowest BCUT2D eigenvalue weighted by Crippen LogP contribution is -2.06. The Morgan fingerprint density at radius 1 is 1.21 bits per heavy atom. The number of nitrogens with zero attached hydrogens (tertiary/aromatic N) is 1. The van der Waals surface area contributed by atoms with E-state index in [0.717, 1.165) is 22.6 Å². The van der Waals surface area contributed by atoms with Crippen molar-refractivity contribution in [2.75, 3.05) is 10.6 Å². The number of aromatic nitrogens is 1. The Balaban J connectivity index is 1.99. The molecule has 0 spiro atoms. The van der Waals surface area contributed by atoms with Gasteiger partial charge >= 0.3 is 0 Å². The topological polar surface area (TPSA) is 54.0 Å². The largest absolute Gasteiger partial charge is 0.379 e. The number of hydrogen-bond donors (Lipinski definition) is 2. The number of carbonyl (C=O) groups is 1. The molecule has 2 aromatic rings. The molecule has 0 radical (unpaired) electrons. The van der Waals surface area contributed by atoms with Crippen molar-refractivity contribution in [1.82, 2.24) is 4.98 Å². The summed E-state index contributed by atoms with van der Waals surface area (Å²) >= 11 is 0. The molecular weight excluding hydrogens is 238 g/mol. The van der Waals surface area contributed by atoms with E-state index < -0.39 is 0 Å². The van der Waals surface area contributed by atoms with Gasteiger partial charge in [-0.1, -0.05) is 12.1 Å². The standard InChI is InChI=1S/C15H17N3O/c1-11-6-7-15(16-9-11)10-17-13-4-3-5-14(8-13)18-12(2)19/h3-9,17H,10H2,1-2H3,(H,18,19). The number of amides is 1. The van der Waals surface area contributed by atoms with E-state index in [1.807, 2.05) is 49.5 Å². The number of carbonyl (C=O) groups excluding carboxylic acids is 1. The zero-order valence-electron chi connectivity index (χ0n) is 11.1. The predicted octanol–water partition coefficient (Wildman–Crippen LogP) is 2.96. The van der Waals surface area contributed by atoms with Gasteiger partial charge in [0.25, 0.3) is 0 Å². The second-order valence-electron chi connectivity index (χ2n) is 4.44. The first-order chi connectivity index (χ1) is 9.13. The summed E-state index contributed by atoms with van der Waals surface area (Å²) in [5.41, 5.74) is 3.87. The van der Waals surface area contributed by atoms with E-state index in [9.17, 15) is 4.79 Å².